The van der Waals surface area contributed by atoms with Crippen molar-refractivity contribution < 1.29 is 10.2 Å². The van der Waals surface area contributed by atoms with E-state index in [1.807, 2.05) is 36.4 Å². The highest BCUT2D eigenvalue weighted by molar-refractivity contribution is 5.68. The van der Waals surface area contributed by atoms with E-state index in [0.717, 1.165) is 22.3 Å². The average molecular weight is 513 g/mol. The van der Waals surface area contributed by atoms with Gasteiger partial charge in [0, 0.05) is 35.7 Å². The molecule has 0 fully saturated rings. The molecule has 0 bridgehead atoms. The molecule has 3 aromatic heterocycles. The summed E-state index contributed by atoms with van der Waals surface area (Å²) in [7, 11) is 0. The number of phenolic OH excluding ortho intramolecular Hbond substituents is 1. The lowest BCUT2D eigenvalue weighted by molar-refractivity contribution is 0.299. The Morgan fingerprint density at radius 2 is 1.62 bits per heavy atom. The van der Waals surface area contributed by atoms with Gasteiger partial charge in [-0.1, -0.05) is 30.3 Å². The van der Waals surface area contributed by atoms with Crippen molar-refractivity contribution in [3.8, 4) is 63.2 Å². The summed E-state index contributed by atoms with van der Waals surface area (Å²) in [4.78, 5) is 20.7. The first-order valence-corrected chi connectivity index (χ1v) is 12.2. The third-order valence-corrected chi connectivity index (χ3v) is 6.25. The van der Waals surface area contributed by atoms with Gasteiger partial charge in [0.15, 0.2) is 5.82 Å². The highest BCUT2D eigenvalue weighted by Gasteiger charge is 2.19. The van der Waals surface area contributed by atoms with Crippen LogP contribution in [0.25, 0.3) is 51.4 Å². The number of aliphatic hydroxyl groups is 1. The Bertz CT molecular complexity index is 1810. The second-order valence-electron chi connectivity index (χ2n) is 8.89. The number of hydrogen-bond acceptors (Lipinski definition) is 6. The normalized spacial score (nSPS) is 11.0. The van der Waals surface area contributed by atoms with E-state index in [1.165, 1.54) is 0 Å². The van der Waals surface area contributed by atoms with Crippen LogP contribution in [0.3, 0.4) is 0 Å². The molecule has 0 saturated carbocycles. The van der Waals surface area contributed by atoms with Crippen molar-refractivity contribution in [2.45, 2.75) is 6.42 Å². The number of aromatic hydroxyl groups is 1. The Labute approximate surface area is 223 Å². The highest BCUT2D eigenvalue weighted by atomic mass is 16.3. The summed E-state index contributed by atoms with van der Waals surface area (Å²) < 4.78 is 1.75. The fraction of sp³-hybridized carbons (Fsp3) is 0.0667. The smallest absolute Gasteiger partial charge is 0.157 e. The molecule has 0 spiro atoms. The van der Waals surface area contributed by atoms with Gasteiger partial charge in [0.25, 0.3) is 0 Å². The fourth-order valence-corrected chi connectivity index (χ4v) is 4.33. The number of H-pyrrole nitrogens is 2. The van der Waals surface area contributed by atoms with E-state index in [4.69, 9.17) is 15.0 Å². The zero-order valence-electron chi connectivity index (χ0n) is 20.6. The molecule has 39 heavy (non-hydrogen) atoms. The minimum Gasteiger partial charge on any atom is -0.508 e. The minimum atomic E-state index is 0.0758. The van der Waals surface area contributed by atoms with Crippen LogP contribution in [0.5, 0.6) is 5.75 Å². The predicted molar refractivity (Wildman–Crippen MR) is 146 cm³/mol. The first-order valence-electron chi connectivity index (χ1n) is 12.2. The van der Waals surface area contributed by atoms with Gasteiger partial charge >= 0.3 is 0 Å². The van der Waals surface area contributed by atoms with Crippen molar-refractivity contribution in [1.82, 2.24) is 29.5 Å². The Kier molecular flexibility index (Phi) is 6.21. The molecule has 6 rings (SSSR count). The Balaban J connectivity index is 1.43. The number of aliphatic hydroxyl groups excluding tert-OH is 1. The molecular formula is C30H22N7O2. The molecule has 0 aliphatic rings. The number of imidazole rings is 3. The molecule has 0 atom stereocenters. The van der Waals surface area contributed by atoms with Crippen LogP contribution >= 0.6 is 0 Å². The highest BCUT2D eigenvalue weighted by Crippen LogP contribution is 2.29. The van der Waals surface area contributed by atoms with Crippen LogP contribution in [0.15, 0.2) is 85.2 Å². The van der Waals surface area contributed by atoms with Gasteiger partial charge in [0.2, 0.25) is 0 Å². The SMILES string of the molecule is N#Cc1cccc(-c2nc(-c3c[nH]c(-c4ccc(O)cc4)n3)[c]n2-c2c[nH]c(-c3cccc(CCO)c3)n2)c1. The largest absolute Gasteiger partial charge is 0.508 e. The molecule has 0 amide bonds. The van der Waals surface area contributed by atoms with Gasteiger partial charge in [-0.2, -0.15) is 5.26 Å². The number of hydrogen-bond donors (Lipinski definition) is 4. The standard InChI is InChI=1S/C30H22N7O2/c31-15-20-4-2-6-23(14-20)30-35-26(25-16-32-28(34-25)21-7-9-24(39)10-8-21)18-37(30)27-17-33-29(36-27)22-5-1-3-19(13-22)11-12-38/h1-10,13-14,16-17,38-39H,11-12H2,(H,32,34)(H,33,36). The van der Waals surface area contributed by atoms with Gasteiger partial charge < -0.3 is 20.2 Å². The van der Waals surface area contributed by atoms with Gasteiger partial charge in [0.1, 0.15) is 40.8 Å². The maximum absolute atomic E-state index is 9.60. The molecule has 9 heteroatoms. The number of rotatable bonds is 7. The summed E-state index contributed by atoms with van der Waals surface area (Å²) >= 11 is 0. The molecule has 0 aliphatic heterocycles. The van der Waals surface area contributed by atoms with Crippen LogP contribution in [0, 0.1) is 17.5 Å². The van der Waals surface area contributed by atoms with E-state index in [0.29, 0.717) is 46.7 Å². The van der Waals surface area contributed by atoms with Crippen molar-refractivity contribution in [2.75, 3.05) is 6.61 Å². The number of aromatic nitrogens is 6. The molecule has 0 saturated heterocycles. The van der Waals surface area contributed by atoms with E-state index in [1.54, 1.807) is 53.4 Å². The van der Waals surface area contributed by atoms with Crippen LogP contribution in [0.4, 0.5) is 0 Å². The topological polar surface area (TPSA) is 139 Å². The average Bonchev–Trinajstić information content (AvgIpc) is 3.73. The third-order valence-electron chi connectivity index (χ3n) is 6.25. The van der Waals surface area contributed by atoms with E-state index in [9.17, 15) is 15.5 Å². The first-order chi connectivity index (χ1) is 19.1. The number of nitrogens with zero attached hydrogens (tertiary/aromatic N) is 5. The van der Waals surface area contributed by atoms with Gasteiger partial charge in [-0.25, -0.2) is 15.0 Å². The third kappa shape index (κ3) is 4.80. The van der Waals surface area contributed by atoms with Crippen LogP contribution in [0.1, 0.15) is 11.1 Å². The summed E-state index contributed by atoms with van der Waals surface area (Å²) in [6.45, 7) is 0.0758. The fourth-order valence-electron chi connectivity index (χ4n) is 4.33. The van der Waals surface area contributed by atoms with Crippen LogP contribution in [0.2, 0.25) is 0 Å². The van der Waals surface area contributed by atoms with Crippen molar-refractivity contribution in [3.05, 3.63) is 103 Å². The van der Waals surface area contributed by atoms with E-state index in [2.05, 4.69) is 22.2 Å². The molecule has 0 unspecified atom stereocenters. The van der Waals surface area contributed by atoms with Crippen LogP contribution in [-0.4, -0.2) is 46.3 Å². The Morgan fingerprint density at radius 3 is 2.44 bits per heavy atom. The van der Waals surface area contributed by atoms with Crippen LogP contribution < -0.4 is 0 Å². The maximum atomic E-state index is 9.60. The molecule has 0 aliphatic carbocycles. The lowest BCUT2D eigenvalue weighted by atomic mass is 10.1. The second kappa shape index (κ2) is 10.1. The van der Waals surface area contributed by atoms with Crippen molar-refractivity contribution >= 4 is 0 Å². The van der Waals surface area contributed by atoms with Gasteiger partial charge in [0.05, 0.1) is 11.6 Å². The van der Waals surface area contributed by atoms with Crippen molar-refractivity contribution in [1.29, 1.82) is 5.26 Å². The molecule has 189 valence electrons. The number of nitrogens with one attached hydrogen (secondary N) is 2. The first kappa shape index (κ1) is 23.9. The Morgan fingerprint density at radius 1 is 0.846 bits per heavy atom. The summed E-state index contributed by atoms with van der Waals surface area (Å²) in [5.41, 5.74) is 5.07. The molecular weight excluding hydrogens is 490 g/mol. The zero-order chi connectivity index (χ0) is 26.8. The lowest BCUT2D eigenvalue weighted by Crippen LogP contribution is -1.97. The zero-order valence-corrected chi connectivity index (χ0v) is 20.6. The molecule has 4 N–H and O–H groups in total. The number of benzene rings is 3. The summed E-state index contributed by atoms with van der Waals surface area (Å²) in [5.74, 6) is 2.61. The summed E-state index contributed by atoms with van der Waals surface area (Å²) in [5, 5.41) is 28.4. The lowest BCUT2D eigenvalue weighted by Gasteiger charge is -2.04. The van der Waals surface area contributed by atoms with Crippen molar-refractivity contribution in [2.24, 2.45) is 0 Å². The van der Waals surface area contributed by atoms with Crippen molar-refractivity contribution in [3.63, 3.8) is 0 Å². The van der Waals surface area contributed by atoms with E-state index < -0.39 is 0 Å². The second-order valence-corrected chi connectivity index (χ2v) is 8.89. The minimum absolute atomic E-state index is 0.0758. The molecule has 3 heterocycles. The summed E-state index contributed by atoms with van der Waals surface area (Å²) in [6, 6.07) is 24.0. The van der Waals surface area contributed by atoms with E-state index >= 15 is 0 Å². The van der Waals surface area contributed by atoms with Gasteiger partial charge in [-0.05, 0) is 54.4 Å². The summed E-state index contributed by atoms with van der Waals surface area (Å²) in [6.07, 6.45) is 7.40. The van der Waals surface area contributed by atoms with Crippen LogP contribution in [-0.2, 0) is 6.42 Å². The van der Waals surface area contributed by atoms with E-state index in [-0.39, 0.29) is 12.4 Å². The number of aromatic amines is 2. The monoisotopic (exact) mass is 512 g/mol. The maximum Gasteiger partial charge on any atom is 0.157 e. The van der Waals surface area contributed by atoms with Gasteiger partial charge in [-0.3, -0.25) is 4.57 Å². The molecule has 9 nitrogen and oxygen atoms in total. The molecule has 1 radical (unpaired) electrons. The predicted octanol–water partition coefficient (Wildman–Crippen LogP) is 4.90. The number of phenols is 1. The molecule has 3 aromatic carbocycles. The quantitative estimate of drug-likeness (QED) is 0.240. The Hall–Kier alpha value is -5.46. The van der Waals surface area contributed by atoms with Gasteiger partial charge in [-0.15, -0.1) is 0 Å². The molecule has 6 aromatic rings. The number of nitriles is 1.